The van der Waals surface area contributed by atoms with Gasteiger partial charge in [0, 0.05) is 29.5 Å². The fourth-order valence-corrected chi connectivity index (χ4v) is 5.38. The van der Waals surface area contributed by atoms with Crippen molar-refractivity contribution in [3.63, 3.8) is 0 Å². The number of rotatable bonds is 6. The third kappa shape index (κ3) is 4.75. The fourth-order valence-electron chi connectivity index (χ4n) is 5.38. The molecule has 2 aromatic rings. The number of oxime groups is 1. The van der Waals surface area contributed by atoms with E-state index >= 15 is 0 Å². The highest BCUT2D eigenvalue weighted by Gasteiger charge is 2.41. The van der Waals surface area contributed by atoms with Crippen LogP contribution in [-0.4, -0.2) is 50.4 Å². The van der Waals surface area contributed by atoms with Crippen molar-refractivity contribution in [2.45, 2.75) is 57.9 Å². The van der Waals surface area contributed by atoms with Crippen LogP contribution in [0, 0.1) is 11.3 Å². The molecule has 0 aromatic heterocycles. The second kappa shape index (κ2) is 9.74. The Balaban J connectivity index is 1.50. The fraction of sp³-hybridized carbons (Fsp3) is 0.577. The molecular formula is C26H34F2N2O2. The molecule has 2 aromatic carbocycles. The predicted molar refractivity (Wildman–Crippen MR) is 125 cm³/mol. The molecule has 0 N–H and O–H groups in total. The van der Waals surface area contributed by atoms with E-state index in [4.69, 9.17) is 9.57 Å². The molecule has 1 atom stereocenters. The minimum Gasteiger partial charge on any atom is -0.497 e. The zero-order chi connectivity index (χ0) is 22.7. The van der Waals surface area contributed by atoms with E-state index in [0.29, 0.717) is 18.9 Å². The number of likely N-dealkylation sites (tertiary alicyclic amines) is 1. The zero-order valence-electron chi connectivity index (χ0n) is 19.3. The van der Waals surface area contributed by atoms with Gasteiger partial charge in [0.05, 0.1) is 12.8 Å². The van der Waals surface area contributed by atoms with Gasteiger partial charge in [-0.05, 0) is 74.0 Å². The monoisotopic (exact) mass is 444 g/mol. The summed E-state index contributed by atoms with van der Waals surface area (Å²) < 4.78 is 32.2. The van der Waals surface area contributed by atoms with Gasteiger partial charge in [0.1, 0.15) is 12.9 Å². The SMILES string of the molecule is CO/N=C(/c1ccc2cc(OC)ccc2c1)C1CCCN(C2CCC(C)(C(F)F)CC2)C1. The van der Waals surface area contributed by atoms with Crippen LogP contribution in [0.4, 0.5) is 8.78 Å². The zero-order valence-corrected chi connectivity index (χ0v) is 19.3. The summed E-state index contributed by atoms with van der Waals surface area (Å²) in [6.07, 6.45) is 2.81. The number of halogens is 2. The van der Waals surface area contributed by atoms with E-state index in [0.717, 1.165) is 66.6 Å². The molecule has 1 aliphatic heterocycles. The molecule has 2 aliphatic rings. The van der Waals surface area contributed by atoms with E-state index in [-0.39, 0.29) is 5.92 Å². The maximum Gasteiger partial charge on any atom is 0.243 e. The van der Waals surface area contributed by atoms with Crippen molar-refractivity contribution >= 4 is 16.5 Å². The van der Waals surface area contributed by atoms with Gasteiger partial charge >= 0.3 is 0 Å². The second-order valence-corrected chi connectivity index (χ2v) is 9.61. The molecule has 0 bridgehead atoms. The first-order chi connectivity index (χ1) is 15.4. The van der Waals surface area contributed by atoms with Crippen LogP contribution in [0.3, 0.4) is 0 Å². The van der Waals surface area contributed by atoms with Crippen molar-refractivity contribution < 1.29 is 18.4 Å². The van der Waals surface area contributed by atoms with Gasteiger partial charge in [-0.3, -0.25) is 4.90 Å². The lowest BCUT2D eigenvalue weighted by Crippen LogP contribution is -2.47. The maximum atomic E-state index is 13.4. The Labute approximate surface area is 189 Å². The summed E-state index contributed by atoms with van der Waals surface area (Å²) >= 11 is 0. The Morgan fingerprint density at radius 2 is 1.78 bits per heavy atom. The number of hydrogen-bond acceptors (Lipinski definition) is 4. The Hall–Kier alpha value is -2.21. The van der Waals surface area contributed by atoms with Crippen molar-refractivity contribution in [3.8, 4) is 5.75 Å². The largest absolute Gasteiger partial charge is 0.497 e. The van der Waals surface area contributed by atoms with Gasteiger partial charge in [0.2, 0.25) is 6.43 Å². The van der Waals surface area contributed by atoms with Crippen LogP contribution in [-0.2, 0) is 4.84 Å². The highest BCUT2D eigenvalue weighted by Crippen LogP contribution is 2.43. The average molecular weight is 445 g/mol. The lowest BCUT2D eigenvalue weighted by molar-refractivity contribution is -0.0370. The minimum atomic E-state index is -2.23. The third-order valence-corrected chi connectivity index (χ3v) is 7.51. The first-order valence-electron chi connectivity index (χ1n) is 11.6. The number of fused-ring (bicyclic) bond motifs is 1. The van der Waals surface area contributed by atoms with Crippen molar-refractivity contribution in [2.24, 2.45) is 16.5 Å². The van der Waals surface area contributed by atoms with Crippen LogP contribution in [0.2, 0.25) is 0 Å². The van der Waals surface area contributed by atoms with Crippen LogP contribution in [0.5, 0.6) is 5.75 Å². The first kappa shape index (κ1) is 23.0. The number of ether oxygens (including phenoxy) is 1. The Morgan fingerprint density at radius 1 is 1.06 bits per heavy atom. The van der Waals surface area contributed by atoms with E-state index in [1.807, 2.05) is 12.1 Å². The lowest BCUT2D eigenvalue weighted by atomic mass is 9.73. The number of hydrogen-bond donors (Lipinski definition) is 0. The highest BCUT2D eigenvalue weighted by atomic mass is 19.3. The Morgan fingerprint density at radius 3 is 2.47 bits per heavy atom. The van der Waals surface area contributed by atoms with E-state index in [1.165, 1.54) is 0 Å². The van der Waals surface area contributed by atoms with E-state index in [2.05, 4.69) is 34.3 Å². The molecule has 1 aliphatic carbocycles. The molecule has 1 saturated carbocycles. The summed E-state index contributed by atoms with van der Waals surface area (Å²) in [5.41, 5.74) is 1.23. The molecule has 2 fully saturated rings. The summed E-state index contributed by atoms with van der Waals surface area (Å²) in [5.74, 6) is 1.11. The van der Waals surface area contributed by atoms with Gasteiger partial charge < -0.3 is 9.57 Å². The van der Waals surface area contributed by atoms with Gasteiger partial charge in [-0.2, -0.15) is 0 Å². The van der Waals surface area contributed by atoms with Crippen molar-refractivity contribution in [3.05, 3.63) is 42.0 Å². The summed E-state index contributed by atoms with van der Waals surface area (Å²) in [5, 5.41) is 6.71. The quantitative estimate of drug-likeness (QED) is 0.397. The van der Waals surface area contributed by atoms with Gasteiger partial charge in [-0.1, -0.05) is 30.3 Å². The molecule has 1 saturated heterocycles. The Kier molecular flexibility index (Phi) is 6.99. The second-order valence-electron chi connectivity index (χ2n) is 9.61. The van der Waals surface area contributed by atoms with Crippen molar-refractivity contribution in [1.82, 2.24) is 4.90 Å². The maximum absolute atomic E-state index is 13.4. The molecule has 0 radical (unpaired) electrons. The topological polar surface area (TPSA) is 34.1 Å². The molecule has 1 unspecified atom stereocenters. The summed E-state index contributed by atoms with van der Waals surface area (Å²) in [6.45, 7) is 3.68. The van der Waals surface area contributed by atoms with Gasteiger partial charge in [0.15, 0.2) is 0 Å². The number of nitrogens with zero attached hydrogens (tertiary/aromatic N) is 2. The van der Waals surface area contributed by atoms with Gasteiger partial charge in [-0.15, -0.1) is 0 Å². The third-order valence-electron chi connectivity index (χ3n) is 7.51. The molecule has 174 valence electrons. The number of benzene rings is 2. The summed E-state index contributed by atoms with van der Waals surface area (Å²) in [4.78, 5) is 7.77. The minimum absolute atomic E-state index is 0.266. The van der Waals surface area contributed by atoms with Gasteiger partial charge in [0.25, 0.3) is 0 Å². The average Bonchev–Trinajstić information content (AvgIpc) is 2.82. The molecule has 0 spiro atoms. The molecular weight excluding hydrogens is 410 g/mol. The van der Waals surface area contributed by atoms with Gasteiger partial charge in [-0.25, -0.2) is 8.78 Å². The molecule has 1 heterocycles. The van der Waals surface area contributed by atoms with E-state index in [1.54, 1.807) is 21.1 Å². The lowest BCUT2D eigenvalue weighted by Gasteiger charge is -2.44. The number of piperidine rings is 1. The van der Waals surface area contributed by atoms with Crippen LogP contribution < -0.4 is 4.74 Å². The van der Waals surface area contributed by atoms with Crippen molar-refractivity contribution in [2.75, 3.05) is 27.3 Å². The number of methoxy groups -OCH3 is 1. The van der Waals surface area contributed by atoms with Crippen LogP contribution in [0.25, 0.3) is 10.8 Å². The normalized spacial score (nSPS) is 27.6. The van der Waals surface area contributed by atoms with Crippen molar-refractivity contribution in [1.29, 1.82) is 0 Å². The van der Waals surface area contributed by atoms with E-state index < -0.39 is 11.8 Å². The van der Waals surface area contributed by atoms with Crippen LogP contribution in [0.1, 0.15) is 51.0 Å². The molecule has 32 heavy (non-hydrogen) atoms. The standard InChI is InChI=1S/C26H34F2N2O2/c1-26(25(27)28)12-10-22(11-13-26)30-14-4-5-21(17-30)24(29-32-3)20-7-6-19-16-23(31-2)9-8-18(19)15-20/h6-9,15-16,21-22,25H,4-5,10-14,17H2,1-3H3/b29-24-. The smallest absolute Gasteiger partial charge is 0.243 e. The Bertz CT molecular complexity index is 954. The summed E-state index contributed by atoms with van der Waals surface area (Å²) in [7, 11) is 3.27. The predicted octanol–water partition coefficient (Wildman–Crippen LogP) is 6.12. The first-order valence-corrected chi connectivity index (χ1v) is 11.6. The molecule has 4 nitrogen and oxygen atoms in total. The van der Waals surface area contributed by atoms with Crippen LogP contribution in [0.15, 0.2) is 41.6 Å². The highest BCUT2D eigenvalue weighted by molar-refractivity contribution is 6.04. The molecule has 4 rings (SSSR count). The molecule has 6 heteroatoms. The molecule has 0 amide bonds. The number of alkyl halides is 2. The van der Waals surface area contributed by atoms with E-state index in [9.17, 15) is 8.78 Å². The summed E-state index contributed by atoms with van der Waals surface area (Å²) in [6, 6.07) is 12.8. The van der Waals surface area contributed by atoms with Crippen LogP contribution >= 0.6 is 0 Å².